The van der Waals surface area contributed by atoms with Gasteiger partial charge in [-0.1, -0.05) is 13.0 Å². The summed E-state index contributed by atoms with van der Waals surface area (Å²) in [7, 11) is 1.68. The van der Waals surface area contributed by atoms with Gasteiger partial charge in [0.25, 0.3) is 0 Å². The van der Waals surface area contributed by atoms with Crippen molar-refractivity contribution in [2.24, 2.45) is 11.8 Å². The molecule has 3 rings (SSSR count). The number of halogens is 3. The Morgan fingerprint density at radius 1 is 1.19 bits per heavy atom. The fourth-order valence-corrected chi connectivity index (χ4v) is 4.46. The molecule has 0 aliphatic heterocycles. The lowest BCUT2D eigenvalue weighted by molar-refractivity contribution is -0.0697. The Bertz CT molecular complexity index is 647. The standard InChI is InChI=1S/C19H26F3N3O/c1-12-9-13(11-14(10-12)23-7-8-26-2)15-3-4-16(19(20,21)22)18-17(15)24-5-6-25-18/h4-6,12-15,23H,3,7-11H2,1-2H3/t12-,13+,14-,15?/m1/s1. The van der Waals surface area contributed by atoms with Crippen LogP contribution in [-0.4, -0.2) is 42.4 Å². The highest BCUT2D eigenvalue weighted by molar-refractivity contribution is 5.70. The van der Waals surface area contributed by atoms with E-state index in [9.17, 15) is 13.2 Å². The van der Waals surface area contributed by atoms with E-state index in [1.807, 2.05) is 0 Å². The van der Waals surface area contributed by atoms with E-state index in [0.717, 1.165) is 25.8 Å². The lowest BCUT2D eigenvalue weighted by Gasteiger charge is -2.39. The summed E-state index contributed by atoms with van der Waals surface area (Å²) in [5.74, 6) is 0.835. The molecule has 0 saturated heterocycles. The molecule has 26 heavy (non-hydrogen) atoms. The first kappa shape index (κ1) is 19.3. The maximum atomic E-state index is 13.3. The van der Waals surface area contributed by atoms with Crippen LogP contribution >= 0.6 is 0 Å². The van der Waals surface area contributed by atoms with Crippen LogP contribution < -0.4 is 5.32 Å². The minimum atomic E-state index is -4.39. The minimum absolute atomic E-state index is 0.000671. The zero-order valence-electron chi connectivity index (χ0n) is 15.2. The van der Waals surface area contributed by atoms with Crippen molar-refractivity contribution in [3.05, 3.63) is 29.9 Å². The number of allylic oxidation sites excluding steroid dienone is 2. The predicted octanol–water partition coefficient (Wildman–Crippen LogP) is 3.95. The van der Waals surface area contributed by atoms with Crippen LogP contribution in [0, 0.1) is 11.8 Å². The molecule has 144 valence electrons. The van der Waals surface area contributed by atoms with Crippen molar-refractivity contribution in [3.8, 4) is 0 Å². The molecule has 7 heteroatoms. The maximum absolute atomic E-state index is 13.3. The summed E-state index contributed by atoms with van der Waals surface area (Å²) in [5.41, 5.74) is -0.120. The maximum Gasteiger partial charge on any atom is 0.418 e. The highest BCUT2D eigenvalue weighted by Crippen LogP contribution is 2.47. The van der Waals surface area contributed by atoms with E-state index in [2.05, 4.69) is 22.2 Å². The second-order valence-electron chi connectivity index (χ2n) is 7.46. The van der Waals surface area contributed by atoms with Crippen LogP contribution in [0.5, 0.6) is 0 Å². The zero-order chi connectivity index (χ0) is 18.7. The zero-order valence-corrected chi connectivity index (χ0v) is 15.2. The molecule has 2 aliphatic carbocycles. The first-order valence-electron chi connectivity index (χ1n) is 9.21. The third-order valence-electron chi connectivity index (χ3n) is 5.50. The molecule has 0 bridgehead atoms. The average Bonchev–Trinajstić information content (AvgIpc) is 2.59. The van der Waals surface area contributed by atoms with Crippen molar-refractivity contribution in [2.75, 3.05) is 20.3 Å². The van der Waals surface area contributed by atoms with E-state index in [1.165, 1.54) is 18.5 Å². The van der Waals surface area contributed by atoms with E-state index in [-0.39, 0.29) is 11.6 Å². The molecule has 1 saturated carbocycles. The smallest absolute Gasteiger partial charge is 0.383 e. The van der Waals surface area contributed by atoms with Crippen molar-refractivity contribution >= 4 is 5.57 Å². The summed E-state index contributed by atoms with van der Waals surface area (Å²) in [5, 5.41) is 3.52. The number of hydrogen-bond donors (Lipinski definition) is 1. The van der Waals surface area contributed by atoms with E-state index in [1.54, 1.807) is 7.11 Å². The lowest BCUT2D eigenvalue weighted by Crippen LogP contribution is -2.40. The van der Waals surface area contributed by atoms with Crippen LogP contribution in [0.15, 0.2) is 18.5 Å². The van der Waals surface area contributed by atoms with E-state index in [0.29, 0.717) is 36.6 Å². The van der Waals surface area contributed by atoms with Gasteiger partial charge in [-0.3, -0.25) is 9.97 Å². The van der Waals surface area contributed by atoms with Gasteiger partial charge in [0, 0.05) is 38.0 Å². The van der Waals surface area contributed by atoms with Crippen LogP contribution in [0.4, 0.5) is 13.2 Å². The Labute approximate surface area is 152 Å². The summed E-state index contributed by atoms with van der Waals surface area (Å²) < 4.78 is 45.1. The lowest BCUT2D eigenvalue weighted by atomic mass is 9.69. The molecule has 1 aromatic heterocycles. The fraction of sp³-hybridized carbons (Fsp3) is 0.684. The van der Waals surface area contributed by atoms with Crippen molar-refractivity contribution in [1.29, 1.82) is 0 Å². The van der Waals surface area contributed by atoms with E-state index >= 15 is 0 Å². The largest absolute Gasteiger partial charge is 0.418 e. The topological polar surface area (TPSA) is 47.0 Å². The summed E-state index contributed by atoms with van der Waals surface area (Å²) in [6.45, 7) is 3.67. The van der Waals surface area contributed by atoms with Gasteiger partial charge >= 0.3 is 6.18 Å². The second kappa shape index (κ2) is 8.05. The summed E-state index contributed by atoms with van der Waals surface area (Å²) >= 11 is 0. The molecule has 1 N–H and O–H groups in total. The molecule has 0 aromatic carbocycles. The van der Waals surface area contributed by atoms with Crippen molar-refractivity contribution in [2.45, 2.75) is 50.7 Å². The monoisotopic (exact) mass is 369 g/mol. The van der Waals surface area contributed by atoms with Gasteiger partial charge in [-0.2, -0.15) is 13.2 Å². The SMILES string of the molecule is COCCN[C@@H]1C[C@H](C)C[C@H](C2CC=C(C(F)(F)F)c3nccnc32)C1. The minimum Gasteiger partial charge on any atom is -0.383 e. The van der Waals surface area contributed by atoms with Gasteiger partial charge in [-0.15, -0.1) is 0 Å². The van der Waals surface area contributed by atoms with Crippen molar-refractivity contribution < 1.29 is 17.9 Å². The molecule has 1 fully saturated rings. The van der Waals surface area contributed by atoms with Gasteiger partial charge in [-0.05, 0) is 37.5 Å². The highest BCUT2D eigenvalue weighted by atomic mass is 19.4. The molecular formula is C19H26F3N3O. The number of nitrogens with zero attached hydrogens (tertiary/aromatic N) is 2. The summed E-state index contributed by atoms with van der Waals surface area (Å²) in [6, 6.07) is 0.368. The number of methoxy groups -OCH3 is 1. The Hall–Kier alpha value is -1.47. The quantitative estimate of drug-likeness (QED) is 0.799. The average molecular weight is 369 g/mol. The molecular weight excluding hydrogens is 343 g/mol. The Balaban J connectivity index is 1.80. The molecule has 4 atom stereocenters. The number of alkyl halides is 3. The third kappa shape index (κ3) is 4.26. The number of rotatable bonds is 5. The first-order chi connectivity index (χ1) is 12.4. The third-order valence-corrected chi connectivity index (χ3v) is 5.50. The Morgan fingerprint density at radius 3 is 2.69 bits per heavy atom. The molecule has 0 spiro atoms. The molecule has 4 nitrogen and oxygen atoms in total. The van der Waals surface area contributed by atoms with Gasteiger partial charge in [0.2, 0.25) is 0 Å². The first-order valence-corrected chi connectivity index (χ1v) is 9.21. The Kier molecular flexibility index (Phi) is 5.97. The van der Waals surface area contributed by atoms with E-state index < -0.39 is 11.7 Å². The molecule has 1 heterocycles. The normalized spacial score (nSPS) is 29.2. The van der Waals surface area contributed by atoms with Crippen molar-refractivity contribution in [3.63, 3.8) is 0 Å². The number of aromatic nitrogens is 2. The van der Waals surface area contributed by atoms with Crippen LogP contribution in [0.1, 0.15) is 49.9 Å². The van der Waals surface area contributed by atoms with Crippen LogP contribution in [0.25, 0.3) is 5.57 Å². The van der Waals surface area contributed by atoms with E-state index in [4.69, 9.17) is 4.74 Å². The van der Waals surface area contributed by atoms with Crippen LogP contribution in [0.3, 0.4) is 0 Å². The van der Waals surface area contributed by atoms with Crippen molar-refractivity contribution in [1.82, 2.24) is 15.3 Å². The van der Waals surface area contributed by atoms with Gasteiger partial charge in [0.15, 0.2) is 0 Å². The van der Waals surface area contributed by atoms with Gasteiger partial charge < -0.3 is 10.1 Å². The second-order valence-corrected chi connectivity index (χ2v) is 7.46. The number of hydrogen-bond acceptors (Lipinski definition) is 4. The molecule has 1 aromatic rings. The van der Waals surface area contributed by atoms with Crippen LogP contribution in [0.2, 0.25) is 0 Å². The Morgan fingerprint density at radius 2 is 1.96 bits per heavy atom. The van der Waals surface area contributed by atoms with Gasteiger partial charge in [0.1, 0.15) is 0 Å². The van der Waals surface area contributed by atoms with Gasteiger partial charge in [-0.25, -0.2) is 0 Å². The fourth-order valence-electron chi connectivity index (χ4n) is 4.46. The van der Waals surface area contributed by atoms with Crippen LogP contribution in [-0.2, 0) is 4.74 Å². The highest BCUT2D eigenvalue weighted by Gasteiger charge is 2.42. The number of ether oxygens (including phenoxy) is 1. The van der Waals surface area contributed by atoms with Gasteiger partial charge in [0.05, 0.1) is 23.6 Å². The summed E-state index contributed by atoms with van der Waals surface area (Å²) in [4.78, 5) is 8.35. The molecule has 0 radical (unpaired) electrons. The number of nitrogens with one attached hydrogen (secondary N) is 1. The number of fused-ring (bicyclic) bond motifs is 1. The predicted molar refractivity (Wildman–Crippen MR) is 93.6 cm³/mol. The molecule has 2 aliphatic rings. The summed E-state index contributed by atoms with van der Waals surface area (Å²) in [6.07, 6.45) is 3.20. The molecule has 1 unspecified atom stereocenters. The molecule has 0 amide bonds.